The molecule has 18 heavy (non-hydrogen) atoms. The quantitative estimate of drug-likeness (QED) is 0.835. The van der Waals surface area contributed by atoms with E-state index in [1.807, 2.05) is 0 Å². The van der Waals surface area contributed by atoms with Crippen LogP contribution in [0.5, 0.6) is 0 Å². The molecule has 0 bridgehead atoms. The summed E-state index contributed by atoms with van der Waals surface area (Å²) in [6, 6.07) is 1.69. The first-order valence-corrected chi connectivity index (χ1v) is 5.51. The largest absolute Gasteiger partial charge is 0.444 e. The lowest BCUT2D eigenvalue weighted by molar-refractivity contribution is 0.0636. The van der Waals surface area contributed by atoms with E-state index in [1.165, 1.54) is 6.20 Å². The maximum Gasteiger partial charge on any atom is 0.412 e. The monoisotopic (exact) mass is 246 g/mol. The molecule has 94 valence electrons. The fourth-order valence-electron chi connectivity index (χ4n) is 1.35. The zero-order valence-corrected chi connectivity index (χ0v) is 10.5. The molecule has 0 saturated carbocycles. The molecular formula is C12H14N4O2. The van der Waals surface area contributed by atoms with Gasteiger partial charge in [-0.1, -0.05) is 0 Å². The Morgan fingerprint density at radius 3 is 2.67 bits per heavy atom. The Morgan fingerprint density at radius 2 is 1.94 bits per heavy atom. The van der Waals surface area contributed by atoms with Crippen LogP contribution >= 0.6 is 0 Å². The number of carbonyl (C=O) groups excluding carboxylic acids is 1. The maximum absolute atomic E-state index is 11.6. The summed E-state index contributed by atoms with van der Waals surface area (Å²) in [5.74, 6) is 0. The standard InChI is InChI=1S/C12H14N4O2/c1-12(2,3)18-11(17)16-8-6-9-10(15-7-8)14-5-4-13-9/h4-7H,1-3H3,(H,16,17). The fraction of sp³-hybridized carbons (Fsp3) is 0.333. The van der Waals surface area contributed by atoms with Gasteiger partial charge in [0, 0.05) is 12.4 Å². The minimum Gasteiger partial charge on any atom is -0.444 e. The number of aromatic nitrogens is 3. The Hall–Kier alpha value is -2.24. The number of hydrogen-bond acceptors (Lipinski definition) is 5. The van der Waals surface area contributed by atoms with Gasteiger partial charge in [0.2, 0.25) is 0 Å². The van der Waals surface area contributed by atoms with Gasteiger partial charge in [-0.05, 0) is 26.8 Å². The minimum atomic E-state index is -0.534. The molecule has 6 heteroatoms. The molecule has 0 aliphatic rings. The van der Waals surface area contributed by atoms with Crippen molar-refractivity contribution in [1.29, 1.82) is 0 Å². The van der Waals surface area contributed by atoms with Gasteiger partial charge in [-0.3, -0.25) is 10.3 Å². The van der Waals surface area contributed by atoms with Crippen LogP contribution < -0.4 is 5.32 Å². The highest BCUT2D eigenvalue weighted by atomic mass is 16.6. The molecule has 0 aliphatic carbocycles. The maximum atomic E-state index is 11.6. The van der Waals surface area contributed by atoms with E-state index >= 15 is 0 Å². The summed E-state index contributed by atoms with van der Waals surface area (Å²) < 4.78 is 5.14. The van der Waals surface area contributed by atoms with Crippen molar-refractivity contribution in [1.82, 2.24) is 15.0 Å². The third kappa shape index (κ3) is 3.13. The average molecular weight is 246 g/mol. The third-order valence-electron chi connectivity index (χ3n) is 1.97. The van der Waals surface area contributed by atoms with Crippen molar-refractivity contribution in [2.45, 2.75) is 26.4 Å². The molecule has 2 aromatic heterocycles. The Morgan fingerprint density at radius 1 is 1.22 bits per heavy atom. The number of anilines is 1. The first-order chi connectivity index (χ1) is 8.44. The smallest absolute Gasteiger partial charge is 0.412 e. The van der Waals surface area contributed by atoms with Crippen LogP contribution in [-0.2, 0) is 4.74 Å². The van der Waals surface area contributed by atoms with Crippen molar-refractivity contribution in [2.75, 3.05) is 5.32 Å². The van der Waals surface area contributed by atoms with Crippen LogP contribution in [-0.4, -0.2) is 26.6 Å². The van der Waals surface area contributed by atoms with Crippen LogP contribution in [0.15, 0.2) is 24.7 Å². The lowest BCUT2D eigenvalue weighted by Crippen LogP contribution is -2.27. The topological polar surface area (TPSA) is 77.0 Å². The number of nitrogens with zero attached hydrogens (tertiary/aromatic N) is 3. The summed E-state index contributed by atoms with van der Waals surface area (Å²) in [5, 5.41) is 2.60. The van der Waals surface area contributed by atoms with Crippen LogP contribution in [0.25, 0.3) is 11.2 Å². The number of nitrogens with one attached hydrogen (secondary N) is 1. The van der Waals surface area contributed by atoms with E-state index in [-0.39, 0.29) is 0 Å². The number of hydrogen-bond donors (Lipinski definition) is 1. The van der Waals surface area contributed by atoms with Crippen LogP contribution in [0.3, 0.4) is 0 Å². The van der Waals surface area contributed by atoms with E-state index in [1.54, 1.807) is 39.2 Å². The molecular weight excluding hydrogens is 232 g/mol. The second-order valence-corrected chi connectivity index (χ2v) is 4.75. The SMILES string of the molecule is CC(C)(C)OC(=O)Nc1cnc2nccnc2c1. The predicted octanol–water partition coefficient (Wildman–Crippen LogP) is 2.37. The molecule has 0 radical (unpaired) electrons. The molecule has 0 unspecified atom stereocenters. The zero-order valence-electron chi connectivity index (χ0n) is 10.5. The summed E-state index contributed by atoms with van der Waals surface area (Å²) >= 11 is 0. The fourth-order valence-corrected chi connectivity index (χ4v) is 1.35. The Balaban J connectivity index is 2.15. The van der Waals surface area contributed by atoms with Gasteiger partial charge >= 0.3 is 6.09 Å². The van der Waals surface area contributed by atoms with Gasteiger partial charge in [0.25, 0.3) is 0 Å². The summed E-state index contributed by atoms with van der Waals surface area (Å²) in [7, 11) is 0. The van der Waals surface area contributed by atoms with Crippen LogP contribution in [0.1, 0.15) is 20.8 Å². The molecule has 0 fully saturated rings. The summed E-state index contributed by atoms with van der Waals surface area (Å²) in [6.07, 6.45) is 4.13. The lowest BCUT2D eigenvalue weighted by atomic mass is 10.2. The molecule has 2 aromatic rings. The van der Waals surface area contributed by atoms with Gasteiger partial charge in [-0.2, -0.15) is 0 Å². The van der Waals surface area contributed by atoms with Crippen molar-refractivity contribution in [3.63, 3.8) is 0 Å². The van der Waals surface area contributed by atoms with Crippen molar-refractivity contribution in [3.05, 3.63) is 24.7 Å². The minimum absolute atomic E-state index is 0.521. The highest BCUT2D eigenvalue weighted by Crippen LogP contribution is 2.14. The molecule has 2 heterocycles. The highest BCUT2D eigenvalue weighted by molar-refractivity contribution is 5.87. The molecule has 0 atom stereocenters. The molecule has 2 rings (SSSR count). The third-order valence-corrected chi connectivity index (χ3v) is 1.97. The van der Waals surface area contributed by atoms with E-state index in [9.17, 15) is 4.79 Å². The van der Waals surface area contributed by atoms with Crippen molar-refractivity contribution in [2.24, 2.45) is 0 Å². The Labute approximate surface area is 104 Å². The molecule has 0 spiro atoms. The normalized spacial score (nSPS) is 11.3. The van der Waals surface area contributed by atoms with Crippen LogP contribution in [0.4, 0.5) is 10.5 Å². The van der Waals surface area contributed by atoms with Gasteiger partial charge in [0.05, 0.1) is 11.9 Å². The molecule has 0 saturated heterocycles. The summed E-state index contributed by atoms with van der Waals surface area (Å²) in [6.45, 7) is 5.41. The second-order valence-electron chi connectivity index (χ2n) is 4.75. The number of rotatable bonds is 1. The zero-order chi connectivity index (χ0) is 13.2. The highest BCUT2D eigenvalue weighted by Gasteiger charge is 2.16. The molecule has 0 aromatic carbocycles. The van der Waals surface area contributed by atoms with Crippen LogP contribution in [0.2, 0.25) is 0 Å². The molecule has 1 N–H and O–H groups in total. The van der Waals surface area contributed by atoms with E-state index in [2.05, 4.69) is 20.3 Å². The summed E-state index contributed by atoms with van der Waals surface area (Å²) in [4.78, 5) is 23.8. The Bertz CT molecular complexity index is 578. The van der Waals surface area contributed by atoms with Crippen molar-refractivity contribution in [3.8, 4) is 0 Å². The number of pyridine rings is 1. The number of carbonyl (C=O) groups is 1. The van der Waals surface area contributed by atoms with E-state index < -0.39 is 11.7 Å². The number of ether oxygens (including phenoxy) is 1. The van der Waals surface area contributed by atoms with Gasteiger partial charge in [-0.25, -0.2) is 14.8 Å². The van der Waals surface area contributed by atoms with Gasteiger partial charge in [-0.15, -0.1) is 0 Å². The first kappa shape index (κ1) is 12.2. The van der Waals surface area contributed by atoms with Gasteiger partial charge < -0.3 is 4.74 Å². The number of amides is 1. The second kappa shape index (κ2) is 4.56. The van der Waals surface area contributed by atoms with E-state index in [4.69, 9.17) is 4.74 Å². The molecule has 6 nitrogen and oxygen atoms in total. The predicted molar refractivity (Wildman–Crippen MR) is 67.2 cm³/mol. The molecule has 0 aliphatic heterocycles. The van der Waals surface area contributed by atoms with Crippen LogP contribution in [0, 0.1) is 0 Å². The summed E-state index contributed by atoms with van der Waals surface area (Å²) in [5.41, 5.74) is 1.14. The lowest BCUT2D eigenvalue weighted by Gasteiger charge is -2.19. The Kier molecular flexibility index (Phi) is 3.10. The first-order valence-electron chi connectivity index (χ1n) is 5.51. The van der Waals surface area contributed by atoms with Gasteiger partial charge in [0.1, 0.15) is 11.1 Å². The molecule has 1 amide bonds. The van der Waals surface area contributed by atoms with Crippen molar-refractivity contribution >= 4 is 22.9 Å². The average Bonchev–Trinajstić information content (AvgIpc) is 2.26. The van der Waals surface area contributed by atoms with E-state index in [0.29, 0.717) is 16.9 Å². The number of fused-ring (bicyclic) bond motifs is 1. The van der Waals surface area contributed by atoms with Gasteiger partial charge in [0.15, 0.2) is 5.65 Å². The van der Waals surface area contributed by atoms with Crippen molar-refractivity contribution < 1.29 is 9.53 Å². The van der Waals surface area contributed by atoms with E-state index in [0.717, 1.165) is 0 Å².